The first-order chi connectivity index (χ1) is 7.56. The van der Waals surface area contributed by atoms with Crippen LogP contribution in [0.1, 0.15) is 11.5 Å². The zero-order valence-corrected chi connectivity index (χ0v) is 9.80. The van der Waals surface area contributed by atoms with Crippen LogP contribution in [0.2, 0.25) is 0 Å². The first-order valence-electron chi connectivity index (χ1n) is 5.06. The summed E-state index contributed by atoms with van der Waals surface area (Å²) in [5.41, 5.74) is 0.600. The Kier molecular flexibility index (Phi) is 4.31. The fourth-order valence-corrected chi connectivity index (χ4v) is 1.59. The fraction of sp³-hybridized carbons (Fsp3) is 0.417. The van der Waals surface area contributed by atoms with Crippen LogP contribution in [0.5, 0.6) is 5.75 Å². The number of phenolic OH excluding ortho intramolecular Hbond substituents is 1. The summed E-state index contributed by atoms with van der Waals surface area (Å²) in [6.07, 6.45) is 0. The molecule has 4 nitrogen and oxygen atoms in total. The number of esters is 1. The summed E-state index contributed by atoms with van der Waals surface area (Å²) in [7, 11) is 5.09. The summed E-state index contributed by atoms with van der Waals surface area (Å²) in [5, 5.41) is 9.71. The van der Waals surface area contributed by atoms with Crippen molar-refractivity contribution >= 4 is 5.97 Å². The van der Waals surface area contributed by atoms with Gasteiger partial charge >= 0.3 is 5.97 Å². The predicted molar refractivity (Wildman–Crippen MR) is 61.4 cm³/mol. The minimum Gasteiger partial charge on any atom is -0.508 e. The molecule has 1 rings (SSSR count). The van der Waals surface area contributed by atoms with E-state index in [9.17, 15) is 9.90 Å². The van der Waals surface area contributed by atoms with Gasteiger partial charge in [0.15, 0.2) is 0 Å². The van der Waals surface area contributed by atoms with Crippen LogP contribution in [0.3, 0.4) is 0 Å². The van der Waals surface area contributed by atoms with Crippen molar-refractivity contribution in [2.24, 2.45) is 0 Å². The number of nitrogens with zero attached hydrogens (tertiary/aromatic N) is 1. The fourth-order valence-electron chi connectivity index (χ4n) is 1.59. The second-order valence-corrected chi connectivity index (χ2v) is 3.90. The monoisotopic (exact) mass is 223 g/mol. The van der Waals surface area contributed by atoms with Gasteiger partial charge in [-0.1, -0.05) is 18.2 Å². The molecule has 0 saturated heterocycles. The highest BCUT2D eigenvalue weighted by atomic mass is 16.5. The number of methoxy groups -OCH3 is 1. The summed E-state index contributed by atoms with van der Waals surface area (Å²) in [6.45, 7) is 0.504. The van der Waals surface area contributed by atoms with Gasteiger partial charge in [-0.15, -0.1) is 0 Å². The van der Waals surface area contributed by atoms with Gasteiger partial charge in [0.1, 0.15) is 5.75 Å². The highest BCUT2D eigenvalue weighted by Crippen LogP contribution is 2.26. The molecule has 16 heavy (non-hydrogen) atoms. The molecule has 0 aliphatic carbocycles. The van der Waals surface area contributed by atoms with Crippen LogP contribution in [-0.4, -0.2) is 43.7 Å². The lowest BCUT2D eigenvalue weighted by Gasteiger charge is -2.19. The van der Waals surface area contributed by atoms with Crippen LogP contribution in [0.25, 0.3) is 0 Å². The Morgan fingerprint density at radius 3 is 2.56 bits per heavy atom. The van der Waals surface area contributed by atoms with Gasteiger partial charge in [0, 0.05) is 12.1 Å². The molecule has 0 bridgehead atoms. The van der Waals surface area contributed by atoms with Crippen LogP contribution in [-0.2, 0) is 9.53 Å². The molecule has 1 atom stereocenters. The van der Waals surface area contributed by atoms with Gasteiger partial charge in [0.05, 0.1) is 13.0 Å². The Balaban J connectivity index is 3.01. The quantitative estimate of drug-likeness (QED) is 0.779. The first-order valence-corrected chi connectivity index (χ1v) is 5.06. The molecule has 4 heteroatoms. The van der Waals surface area contributed by atoms with Crippen LogP contribution in [0.4, 0.5) is 0 Å². The van der Waals surface area contributed by atoms with Crippen molar-refractivity contribution in [3.8, 4) is 5.75 Å². The Labute approximate surface area is 95.5 Å². The van der Waals surface area contributed by atoms with Gasteiger partial charge in [-0.05, 0) is 20.2 Å². The summed E-state index contributed by atoms with van der Waals surface area (Å²) in [4.78, 5) is 13.5. The summed E-state index contributed by atoms with van der Waals surface area (Å²) >= 11 is 0. The maximum absolute atomic E-state index is 11.6. The summed E-state index contributed by atoms with van der Waals surface area (Å²) < 4.78 is 4.75. The molecular formula is C12H17NO3. The van der Waals surface area contributed by atoms with Gasteiger partial charge in [-0.3, -0.25) is 4.79 Å². The van der Waals surface area contributed by atoms with Crippen molar-refractivity contribution in [1.82, 2.24) is 4.90 Å². The van der Waals surface area contributed by atoms with E-state index in [1.807, 2.05) is 19.0 Å². The lowest BCUT2D eigenvalue weighted by molar-refractivity contribution is -0.142. The Morgan fingerprint density at radius 1 is 1.44 bits per heavy atom. The molecule has 1 unspecified atom stereocenters. The number of hydrogen-bond donors (Lipinski definition) is 1. The van der Waals surface area contributed by atoms with Gasteiger partial charge in [0.25, 0.3) is 0 Å². The average Bonchev–Trinajstić information content (AvgIpc) is 2.26. The molecule has 0 amide bonds. The molecular weight excluding hydrogens is 206 g/mol. The highest BCUT2D eigenvalue weighted by molar-refractivity contribution is 5.79. The lowest BCUT2D eigenvalue weighted by Crippen LogP contribution is -2.27. The molecule has 0 aromatic heterocycles. The third-order valence-corrected chi connectivity index (χ3v) is 2.35. The smallest absolute Gasteiger partial charge is 0.314 e. The molecule has 0 heterocycles. The normalized spacial score (nSPS) is 12.5. The van der Waals surface area contributed by atoms with E-state index >= 15 is 0 Å². The number of benzene rings is 1. The maximum Gasteiger partial charge on any atom is 0.314 e. The predicted octanol–water partition coefficient (Wildman–Crippen LogP) is 1.21. The number of aromatic hydroxyl groups is 1. The van der Waals surface area contributed by atoms with E-state index in [-0.39, 0.29) is 11.7 Å². The third kappa shape index (κ3) is 2.97. The maximum atomic E-state index is 11.6. The van der Waals surface area contributed by atoms with Crippen LogP contribution >= 0.6 is 0 Å². The average molecular weight is 223 g/mol. The van der Waals surface area contributed by atoms with Crippen molar-refractivity contribution < 1.29 is 14.6 Å². The van der Waals surface area contributed by atoms with Crippen molar-refractivity contribution in [2.75, 3.05) is 27.7 Å². The molecule has 0 spiro atoms. The van der Waals surface area contributed by atoms with E-state index in [4.69, 9.17) is 4.74 Å². The molecule has 1 N–H and O–H groups in total. The van der Waals surface area contributed by atoms with Gasteiger partial charge in [0.2, 0.25) is 0 Å². The molecule has 0 aliphatic rings. The van der Waals surface area contributed by atoms with E-state index in [0.717, 1.165) is 0 Å². The molecule has 88 valence electrons. The van der Waals surface area contributed by atoms with Crippen LogP contribution in [0.15, 0.2) is 24.3 Å². The number of carbonyl (C=O) groups is 1. The number of ether oxygens (including phenoxy) is 1. The van der Waals surface area contributed by atoms with Gasteiger partial charge in [-0.2, -0.15) is 0 Å². The third-order valence-electron chi connectivity index (χ3n) is 2.35. The van der Waals surface area contributed by atoms with E-state index in [1.54, 1.807) is 24.3 Å². The van der Waals surface area contributed by atoms with E-state index in [1.165, 1.54) is 7.11 Å². The second kappa shape index (κ2) is 5.51. The van der Waals surface area contributed by atoms with E-state index < -0.39 is 5.92 Å². The second-order valence-electron chi connectivity index (χ2n) is 3.90. The lowest BCUT2D eigenvalue weighted by atomic mass is 9.98. The zero-order valence-electron chi connectivity index (χ0n) is 9.80. The van der Waals surface area contributed by atoms with Crippen molar-refractivity contribution in [3.63, 3.8) is 0 Å². The highest BCUT2D eigenvalue weighted by Gasteiger charge is 2.24. The van der Waals surface area contributed by atoms with Gasteiger partial charge in [-0.25, -0.2) is 0 Å². The standard InChI is InChI=1S/C12H17NO3/c1-13(2)8-10(12(15)16-3)9-6-4-5-7-11(9)14/h4-7,10,14H,8H2,1-3H3. The minimum absolute atomic E-state index is 0.125. The molecule has 0 radical (unpaired) electrons. The topological polar surface area (TPSA) is 49.8 Å². The van der Waals surface area contributed by atoms with Crippen LogP contribution < -0.4 is 0 Å². The minimum atomic E-state index is -0.457. The van der Waals surface area contributed by atoms with Crippen molar-refractivity contribution in [3.05, 3.63) is 29.8 Å². The van der Waals surface area contributed by atoms with Crippen molar-refractivity contribution in [2.45, 2.75) is 5.92 Å². The number of likely N-dealkylation sites (N-methyl/N-ethyl adjacent to an activating group) is 1. The Morgan fingerprint density at radius 2 is 2.06 bits per heavy atom. The Hall–Kier alpha value is -1.55. The van der Waals surface area contributed by atoms with Crippen LogP contribution in [0, 0.1) is 0 Å². The largest absolute Gasteiger partial charge is 0.508 e. The Bertz CT molecular complexity index is 363. The number of rotatable bonds is 4. The molecule has 0 saturated carbocycles. The van der Waals surface area contributed by atoms with Gasteiger partial charge < -0.3 is 14.7 Å². The van der Waals surface area contributed by atoms with E-state index in [0.29, 0.717) is 12.1 Å². The number of carbonyl (C=O) groups excluding carboxylic acids is 1. The SMILES string of the molecule is COC(=O)C(CN(C)C)c1ccccc1O. The summed E-state index contributed by atoms with van der Waals surface area (Å²) in [6, 6.07) is 6.82. The molecule has 0 fully saturated rings. The number of para-hydroxylation sites is 1. The number of hydrogen-bond acceptors (Lipinski definition) is 4. The molecule has 0 aliphatic heterocycles. The number of phenols is 1. The van der Waals surface area contributed by atoms with Crippen molar-refractivity contribution in [1.29, 1.82) is 0 Å². The molecule has 1 aromatic rings. The molecule has 1 aromatic carbocycles. The first kappa shape index (κ1) is 12.5. The van der Waals surface area contributed by atoms with E-state index in [2.05, 4.69) is 0 Å². The zero-order chi connectivity index (χ0) is 12.1. The summed E-state index contributed by atoms with van der Waals surface area (Å²) in [5.74, 6) is -0.670.